The monoisotopic (exact) mass is 477 g/mol. The number of hydrogen-bond acceptors (Lipinski definition) is 4. The first-order chi connectivity index (χ1) is 12.0. The van der Waals surface area contributed by atoms with E-state index in [0.29, 0.717) is 19.1 Å². The number of aromatic nitrogens is 2. The molecule has 148 valence electrons. The van der Waals surface area contributed by atoms with Crippen LogP contribution in [0.1, 0.15) is 20.3 Å². The first-order valence-corrected chi connectivity index (χ1v) is 8.91. The molecule has 1 aromatic heterocycles. The molecule has 1 amide bonds. The normalized spacial score (nSPS) is 16.7. The molecule has 1 fully saturated rings. The highest BCUT2D eigenvalue weighted by Gasteiger charge is 2.27. The number of guanidine groups is 1. The van der Waals surface area contributed by atoms with Gasteiger partial charge in [0.2, 0.25) is 5.91 Å². The molecule has 1 aromatic rings. The molecule has 1 aliphatic heterocycles. The molecule has 0 aliphatic carbocycles. The quantitative estimate of drug-likeness (QED) is 0.376. The summed E-state index contributed by atoms with van der Waals surface area (Å²) in [7, 11) is 5.75. The van der Waals surface area contributed by atoms with Gasteiger partial charge in [0.15, 0.2) is 5.96 Å². The Morgan fingerprint density at radius 2 is 2.19 bits per heavy atom. The predicted molar refractivity (Wildman–Crippen MR) is 116 cm³/mol. The third kappa shape index (κ3) is 5.83. The maximum atomic E-state index is 12.5. The van der Waals surface area contributed by atoms with E-state index in [1.165, 1.54) is 0 Å². The number of amides is 1. The van der Waals surface area contributed by atoms with Crippen molar-refractivity contribution in [1.82, 2.24) is 24.9 Å². The van der Waals surface area contributed by atoms with Crippen LogP contribution in [0.15, 0.2) is 17.4 Å². The summed E-state index contributed by atoms with van der Waals surface area (Å²) in [5.74, 6) is 0.857. The number of aliphatic imine (C=N–C) groups is 1. The fraction of sp³-hybridized carbons (Fsp3) is 0.706. The summed E-state index contributed by atoms with van der Waals surface area (Å²) in [6.45, 7) is 7.89. The highest BCUT2D eigenvalue weighted by Crippen LogP contribution is 2.15. The lowest BCUT2D eigenvalue weighted by molar-refractivity contribution is -0.120. The Kier molecular flexibility index (Phi) is 9.34. The Hall–Kier alpha value is -1.36. The fourth-order valence-electron chi connectivity index (χ4n) is 2.88. The molecule has 1 unspecified atom stereocenters. The Morgan fingerprint density at radius 1 is 1.46 bits per heavy atom. The van der Waals surface area contributed by atoms with Crippen LogP contribution in [0.25, 0.3) is 0 Å². The lowest BCUT2D eigenvalue weighted by Gasteiger charge is -2.35. The number of halogens is 1. The van der Waals surface area contributed by atoms with Gasteiger partial charge < -0.3 is 20.0 Å². The molecule has 8 nitrogen and oxygen atoms in total. The van der Waals surface area contributed by atoms with E-state index in [2.05, 4.69) is 41.2 Å². The van der Waals surface area contributed by atoms with Gasteiger partial charge in [0.25, 0.3) is 0 Å². The van der Waals surface area contributed by atoms with E-state index in [1.54, 1.807) is 22.8 Å². The van der Waals surface area contributed by atoms with Crippen molar-refractivity contribution >= 4 is 41.5 Å². The molecule has 0 aromatic carbocycles. The van der Waals surface area contributed by atoms with Crippen LogP contribution >= 0.6 is 24.0 Å². The summed E-state index contributed by atoms with van der Waals surface area (Å²) in [6, 6.07) is 0.563. The summed E-state index contributed by atoms with van der Waals surface area (Å²) in [5.41, 5.74) is 0.852. The number of anilines is 1. The van der Waals surface area contributed by atoms with Crippen molar-refractivity contribution in [3.8, 4) is 0 Å². The molecule has 2 heterocycles. The third-order valence-corrected chi connectivity index (χ3v) is 4.83. The largest absolute Gasteiger partial charge is 0.355 e. The van der Waals surface area contributed by atoms with Crippen LogP contribution in [0.2, 0.25) is 0 Å². The molecular weight excluding hydrogens is 445 g/mol. The molecule has 1 atom stereocenters. The number of hydrogen-bond donors (Lipinski definition) is 1. The minimum absolute atomic E-state index is 0. The lowest BCUT2D eigenvalue weighted by Crippen LogP contribution is -2.56. The van der Waals surface area contributed by atoms with Gasteiger partial charge in [0.05, 0.1) is 11.9 Å². The third-order valence-electron chi connectivity index (χ3n) is 4.83. The zero-order chi connectivity index (χ0) is 18.4. The maximum Gasteiger partial charge on any atom is 0.246 e. The van der Waals surface area contributed by atoms with Gasteiger partial charge in [0, 0.05) is 52.5 Å². The summed E-state index contributed by atoms with van der Waals surface area (Å²) in [6.07, 6.45) is 4.73. The molecule has 0 saturated carbocycles. The molecule has 1 saturated heterocycles. The predicted octanol–water partition coefficient (Wildman–Crippen LogP) is 0.992. The zero-order valence-electron chi connectivity index (χ0n) is 16.5. The highest BCUT2D eigenvalue weighted by molar-refractivity contribution is 14.0. The number of carbonyl (C=O) groups is 1. The molecule has 26 heavy (non-hydrogen) atoms. The van der Waals surface area contributed by atoms with Crippen molar-refractivity contribution < 1.29 is 4.79 Å². The van der Waals surface area contributed by atoms with Crippen LogP contribution in [0.4, 0.5) is 5.69 Å². The van der Waals surface area contributed by atoms with Crippen LogP contribution in [0.3, 0.4) is 0 Å². The van der Waals surface area contributed by atoms with Crippen LogP contribution in [-0.2, 0) is 11.8 Å². The van der Waals surface area contributed by atoms with E-state index in [9.17, 15) is 4.79 Å². The number of carbonyl (C=O) groups excluding carboxylic acids is 1. The smallest absolute Gasteiger partial charge is 0.246 e. The standard InChI is InChI=1S/C17H31N7O.HI/c1-6-14(2)21(4)8-7-19-17(18-3)23-9-10-24(16(25)13-23)15-11-20-22(5)12-15;/h11-12,14H,6-10,13H2,1-5H3,(H,18,19);1H. The first kappa shape index (κ1) is 22.7. The second kappa shape index (κ2) is 10.7. The average molecular weight is 477 g/mol. The van der Waals surface area contributed by atoms with Crippen molar-refractivity contribution in [2.24, 2.45) is 12.0 Å². The topological polar surface area (TPSA) is 69.0 Å². The van der Waals surface area contributed by atoms with Gasteiger partial charge in [-0.1, -0.05) is 6.92 Å². The van der Waals surface area contributed by atoms with E-state index in [1.807, 2.05) is 18.1 Å². The van der Waals surface area contributed by atoms with Crippen LogP contribution in [-0.4, -0.2) is 84.3 Å². The highest BCUT2D eigenvalue weighted by atomic mass is 127. The van der Waals surface area contributed by atoms with Crippen molar-refractivity contribution in [3.63, 3.8) is 0 Å². The van der Waals surface area contributed by atoms with E-state index in [-0.39, 0.29) is 29.9 Å². The zero-order valence-corrected chi connectivity index (χ0v) is 18.8. The van der Waals surface area contributed by atoms with Crippen LogP contribution in [0.5, 0.6) is 0 Å². The maximum absolute atomic E-state index is 12.5. The number of nitrogens with zero attached hydrogens (tertiary/aromatic N) is 6. The minimum atomic E-state index is 0. The van der Waals surface area contributed by atoms with Crippen LogP contribution in [0, 0.1) is 0 Å². The SMILES string of the molecule is CCC(C)N(C)CCNC(=NC)N1CCN(c2cnn(C)c2)C(=O)C1.I. The van der Waals surface area contributed by atoms with Crippen molar-refractivity contribution in [2.75, 3.05) is 51.7 Å². The van der Waals surface area contributed by atoms with Crippen LogP contribution < -0.4 is 10.2 Å². The van der Waals surface area contributed by atoms with Gasteiger partial charge in [0.1, 0.15) is 6.54 Å². The summed E-state index contributed by atoms with van der Waals surface area (Å²) < 4.78 is 1.71. The van der Waals surface area contributed by atoms with Gasteiger partial charge in [-0.2, -0.15) is 5.10 Å². The molecule has 0 bridgehead atoms. The molecule has 1 N–H and O–H groups in total. The van der Waals surface area contributed by atoms with Gasteiger partial charge in [-0.25, -0.2) is 0 Å². The van der Waals surface area contributed by atoms with E-state index >= 15 is 0 Å². The van der Waals surface area contributed by atoms with Gasteiger partial charge >= 0.3 is 0 Å². The fourth-order valence-corrected chi connectivity index (χ4v) is 2.88. The van der Waals surface area contributed by atoms with Gasteiger partial charge in [-0.05, 0) is 20.4 Å². The molecule has 2 rings (SSSR count). The minimum Gasteiger partial charge on any atom is -0.355 e. The second-order valence-corrected chi connectivity index (χ2v) is 6.55. The number of piperazine rings is 1. The number of likely N-dealkylation sites (N-methyl/N-ethyl adjacent to an activating group) is 1. The summed E-state index contributed by atoms with van der Waals surface area (Å²) in [4.78, 5) is 23.0. The number of rotatable bonds is 6. The van der Waals surface area contributed by atoms with Crippen molar-refractivity contribution in [3.05, 3.63) is 12.4 Å². The number of nitrogens with one attached hydrogen (secondary N) is 1. The van der Waals surface area contributed by atoms with E-state index < -0.39 is 0 Å². The lowest BCUT2D eigenvalue weighted by atomic mass is 10.2. The Balaban J connectivity index is 0.00000338. The molecule has 0 spiro atoms. The van der Waals surface area contributed by atoms with Gasteiger partial charge in [-0.3, -0.25) is 14.5 Å². The van der Waals surface area contributed by atoms with Crippen molar-refractivity contribution in [1.29, 1.82) is 0 Å². The van der Waals surface area contributed by atoms with E-state index in [0.717, 1.165) is 37.7 Å². The van der Waals surface area contributed by atoms with Gasteiger partial charge in [-0.15, -0.1) is 24.0 Å². The molecule has 1 aliphatic rings. The second-order valence-electron chi connectivity index (χ2n) is 6.55. The average Bonchev–Trinajstić information content (AvgIpc) is 3.03. The molecule has 0 radical (unpaired) electrons. The number of aryl methyl sites for hydroxylation is 1. The summed E-state index contributed by atoms with van der Waals surface area (Å²) in [5, 5.41) is 7.52. The molecular formula is C17H32IN7O. The Morgan fingerprint density at radius 3 is 2.73 bits per heavy atom. The van der Waals surface area contributed by atoms with Crippen molar-refractivity contribution in [2.45, 2.75) is 26.3 Å². The summed E-state index contributed by atoms with van der Waals surface area (Å²) >= 11 is 0. The Bertz CT molecular complexity index is 604. The van der Waals surface area contributed by atoms with E-state index in [4.69, 9.17) is 0 Å². The Labute approximate surface area is 173 Å². The first-order valence-electron chi connectivity index (χ1n) is 8.91. The molecule has 9 heteroatoms.